The monoisotopic (exact) mass is 355 g/mol. The van der Waals surface area contributed by atoms with Crippen LogP contribution in [0.1, 0.15) is 48.3 Å². The minimum absolute atomic E-state index is 0.166. The molecule has 0 bridgehead atoms. The molecule has 3 aromatic rings. The number of imidazole rings is 1. The van der Waals surface area contributed by atoms with Gasteiger partial charge < -0.3 is 13.7 Å². The maximum absolute atomic E-state index is 5.56. The van der Waals surface area contributed by atoms with Gasteiger partial charge in [0, 0.05) is 32.5 Å². The average molecular weight is 355 g/mol. The van der Waals surface area contributed by atoms with Gasteiger partial charge in [0.2, 0.25) is 5.89 Å². The van der Waals surface area contributed by atoms with Crippen LogP contribution >= 0.6 is 0 Å². The number of aryl methyl sites for hydroxylation is 1. The topological polar surface area (TPSA) is 68.7 Å². The van der Waals surface area contributed by atoms with Crippen molar-refractivity contribution >= 4 is 5.65 Å². The third-order valence-electron chi connectivity index (χ3n) is 4.94. The lowest BCUT2D eigenvalue weighted by molar-refractivity contribution is 0.110. The molecule has 1 atom stereocenters. The van der Waals surface area contributed by atoms with E-state index in [1.807, 2.05) is 0 Å². The van der Waals surface area contributed by atoms with Gasteiger partial charge in [-0.25, -0.2) is 4.98 Å². The molecule has 1 saturated heterocycles. The van der Waals surface area contributed by atoms with Crippen LogP contribution in [0.15, 0.2) is 29.0 Å². The second-order valence-electron chi connectivity index (χ2n) is 6.98. The molecule has 138 valence electrons. The second kappa shape index (κ2) is 7.55. The highest BCUT2D eigenvalue weighted by Crippen LogP contribution is 2.31. The Hall–Kier alpha value is -2.25. The quantitative estimate of drug-likeness (QED) is 0.677. The van der Waals surface area contributed by atoms with Gasteiger partial charge >= 0.3 is 0 Å². The summed E-state index contributed by atoms with van der Waals surface area (Å²) in [7, 11) is 1.68. The third kappa shape index (κ3) is 3.64. The highest BCUT2D eigenvalue weighted by atomic mass is 16.5. The molecular weight excluding hydrogens is 330 g/mol. The molecule has 1 fully saturated rings. The Morgan fingerprint density at radius 3 is 3.12 bits per heavy atom. The lowest BCUT2D eigenvalue weighted by Crippen LogP contribution is -2.33. The van der Waals surface area contributed by atoms with Crippen molar-refractivity contribution in [3.05, 3.63) is 47.5 Å². The van der Waals surface area contributed by atoms with Crippen LogP contribution in [0.2, 0.25) is 0 Å². The van der Waals surface area contributed by atoms with Gasteiger partial charge in [-0.2, -0.15) is 4.98 Å². The fourth-order valence-electron chi connectivity index (χ4n) is 3.58. The van der Waals surface area contributed by atoms with E-state index >= 15 is 0 Å². The molecule has 7 heteroatoms. The zero-order valence-electron chi connectivity index (χ0n) is 15.4. The SMILES string of the molecule is COCCc1noc([C@H]2CCCCN2Cc2cn3ccc(C)cc3n2)n1. The molecule has 0 spiro atoms. The van der Waals surface area contributed by atoms with Crippen molar-refractivity contribution in [2.45, 2.75) is 45.2 Å². The van der Waals surface area contributed by atoms with Crippen LogP contribution in [0, 0.1) is 6.92 Å². The minimum Gasteiger partial charge on any atom is -0.384 e. The normalized spacial score (nSPS) is 18.6. The Morgan fingerprint density at radius 2 is 2.23 bits per heavy atom. The fraction of sp³-hybridized carbons (Fsp3) is 0.526. The third-order valence-corrected chi connectivity index (χ3v) is 4.94. The number of fused-ring (bicyclic) bond motifs is 1. The number of aromatic nitrogens is 4. The number of hydrogen-bond acceptors (Lipinski definition) is 6. The first-order chi connectivity index (χ1) is 12.7. The van der Waals surface area contributed by atoms with E-state index in [1.54, 1.807) is 7.11 Å². The van der Waals surface area contributed by atoms with Crippen molar-refractivity contribution < 1.29 is 9.26 Å². The predicted molar refractivity (Wildman–Crippen MR) is 96.8 cm³/mol. The van der Waals surface area contributed by atoms with Crippen molar-refractivity contribution in [1.82, 2.24) is 24.4 Å². The van der Waals surface area contributed by atoms with Gasteiger partial charge in [-0.05, 0) is 44.0 Å². The van der Waals surface area contributed by atoms with Gasteiger partial charge in [-0.1, -0.05) is 11.6 Å². The Bertz CT molecular complexity index is 872. The molecule has 0 aromatic carbocycles. The number of ether oxygens (including phenoxy) is 1. The molecule has 4 heterocycles. The minimum atomic E-state index is 0.166. The average Bonchev–Trinajstić information content (AvgIpc) is 3.26. The van der Waals surface area contributed by atoms with Gasteiger partial charge in [0.15, 0.2) is 5.82 Å². The zero-order valence-corrected chi connectivity index (χ0v) is 15.4. The zero-order chi connectivity index (χ0) is 17.9. The van der Waals surface area contributed by atoms with Crippen molar-refractivity contribution in [2.24, 2.45) is 0 Å². The van der Waals surface area contributed by atoms with E-state index in [9.17, 15) is 0 Å². The van der Waals surface area contributed by atoms with E-state index in [2.05, 4.69) is 50.9 Å². The summed E-state index contributed by atoms with van der Waals surface area (Å²) in [4.78, 5) is 11.8. The fourth-order valence-corrected chi connectivity index (χ4v) is 3.58. The van der Waals surface area contributed by atoms with Gasteiger partial charge in [-0.15, -0.1) is 0 Å². The van der Waals surface area contributed by atoms with E-state index in [0.717, 1.165) is 42.6 Å². The van der Waals surface area contributed by atoms with Crippen molar-refractivity contribution in [3.63, 3.8) is 0 Å². The number of likely N-dealkylation sites (tertiary alicyclic amines) is 1. The molecular formula is C19H25N5O2. The smallest absolute Gasteiger partial charge is 0.244 e. The predicted octanol–water partition coefficient (Wildman–Crippen LogP) is 2.94. The molecule has 0 amide bonds. The number of piperidine rings is 1. The lowest BCUT2D eigenvalue weighted by atomic mass is 10.0. The molecule has 1 aliphatic rings. The molecule has 0 aliphatic carbocycles. The van der Waals surface area contributed by atoms with Crippen LogP contribution < -0.4 is 0 Å². The second-order valence-corrected chi connectivity index (χ2v) is 6.98. The summed E-state index contributed by atoms with van der Waals surface area (Å²) in [5.74, 6) is 1.44. The first-order valence-electron chi connectivity index (χ1n) is 9.22. The maximum atomic E-state index is 5.56. The number of methoxy groups -OCH3 is 1. The highest BCUT2D eigenvalue weighted by Gasteiger charge is 2.29. The molecule has 0 saturated carbocycles. The van der Waals surface area contributed by atoms with Crippen LogP contribution in [-0.2, 0) is 17.7 Å². The Kier molecular flexibility index (Phi) is 4.99. The van der Waals surface area contributed by atoms with Crippen molar-refractivity contribution in [1.29, 1.82) is 0 Å². The Balaban J connectivity index is 1.52. The summed E-state index contributed by atoms with van der Waals surface area (Å²) in [5, 5.41) is 4.10. The van der Waals surface area contributed by atoms with Gasteiger partial charge in [0.25, 0.3) is 0 Å². The molecule has 3 aromatic heterocycles. The Morgan fingerprint density at radius 1 is 1.31 bits per heavy atom. The molecule has 0 N–H and O–H groups in total. The number of nitrogens with zero attached hydrogens (tertiary/aromatic N) is 5. The lowest BCUT2D eigenvalue weighted by Gasteiger charge is -2.32. The summed E-state index contributed by atoms with van der Waals surface area (Å²) < 4.78 is 12.7. The molecule has 26 heavy (non-hydrogen) atoms. The number of pyridine rings is 1. The van der Waals surface area contributed by atoms with Crippen molar-refractivity contribution in [3.8, 4) is 0 Å². The number of hydrogen-bond donors (Lipinski definition) is 0. The molecule has 4 rings (SSSR count). The van der Waals surface area contributed by atoms with E-state index in [1.165, 1.54) is 18.4 Å². The van der Waals surface area contributed by atoms with Crippen LogP contribution in [0.3, 0.4) is 0 Å². The molecule has 0 unspecified atom stereocenters. The Labute approximate surface area is 153 Å². The summed E-state index contributed by atoms with van der Waals surface area (Å²) in [6.45, 7) is 4.51. The van der Waals surface area contributed by atoms with Gasteiger partial charge in [-0.3, -0.25) is 4.90 Å². The molecule has 7 nitrogen and oxygen atoms in total. The first-order valence-corrected chi connectivity index (χ1v) is 9.22. The maximum Gasteiger partial charge on any atom is 0.244 e. The van der Waals surface area contributed by atoms with Crippen LogP contribution in [0.25, 0.3) is 5.65 Å². The van der Waals surface area contributed by atoms with Crippen LogP contribution in [-0.4, -0.2) is 44.7 Å². The van der Waals surface area contributed by atoms with E-state index in [4.69, 9.17) is 14.2 Å². The van der Waals surface area contributed by atoms with E-state index in [0.29, 0.717) is 13.0 Å². The largest absolute Gasteiger partial charge is 0.384 e. The van der Waals surface area contributed by atoms with E-state index < -0.39 is 0 Å². The van der Waals surface area contributed by atoms with Crippen LogP contribution in [0.4, 0.5) is 0 Å². The van der Waals surface area contributed by atoms with Gasteiger partial charge in [0.1, 0.15) is 5.65 Å². The summed E-state index contributed by atoms with van der Waals surface area (Å²) in [5.41, 5.74) is 3.29. The summed E-state index contributed by atoms with van der Waals surface area (Å²) >= 11 is 0. The van der Waals surface area contributed by atoms with Gasteiger partial charge in [0.05, 0.1) is 18.3 Å². The summed E-state index contributed by atoms with van der Waals surface area (Å²) in [6, 6.07) is 4.37. The first kappa shape index (κ1) is 17.2. The van der Waals surface area contributed by atoms with Crippen LogP contribution in [0.5, 0.6) is 0 Å². The summed E-state index contributed by atoms with van der Waals surface area (Å²) in [6.07, 6.45) is 8.26. The van der Waals surface area contributed by atoms with Crippen molar-refractivity contribution in [2.75, 3.05) is 20.3 Å². The highest BCUT2D eigenvalue weighted by molar-refractivity contribution is 5.42. The van der Waals surface area contributed by atoms with E-state index in [-0.39, 0.29) is 6.04 Å². The molecule has 0 radical (unpaired) electrons. The standard InChI is InChI=1S/C19H25N5O2/c1-14-6-9-24-13-15(20-18(24)11-14)12-23-8-4-3-5-16(23)19-21-17(22-26-19)7-10-25-2/h6,9,11,13,16H,3-5,7-8,10,12H2,1-2H3/t16-/m1/s1. The molecule has 1 aliphatic heterocycles. The number of rotatable bonds is 6.